The first-order valence-corrected chi connectivity index (χ1v) is 7.63. The number of H-pyrrole nitrogens is 1. The minimum absolute atomic E-state index is 0.0459. The first-order chi connectivity index (χ1) is 10.2. The summed E-state index contributed by atoms with van der Waals surface area (Å²) in [6, 6.07) is 15.3. The molecule has 0 unspecified atom stereocenters. The molecule has 0 saturated heterocycles. The molecule has 3 rings (SSSR count). The molecule has 0 atom stereocenters. The van der Waals surface area contributed by atoms with Gasteiger partial charge in [-0.3, -0.25) is 9.89 Å². The van der Waals surface area contributed by atoms with E-state index in [1.54, 1.807) is 28.7 Å². The number of pyridine rings is 1. The van der Waals surface area contributed by atoms with Gasteiger partial charge in [0.05, 0.1) is 10.7 Å². The van der Waals surface area contributed by atoms with Gasteiger partial charge in [-0.15, -0.1) is 11.8 Å². The summed E-state index contributed by atoms with van der Waals surface area (Å²) in [4.78, 5) is 16.3. The third kappa shape index (κ3) is 3.25. The Labute approximate surface area is 126 Å². The summed E-state index contributed by atoms with van der Waals surface area (Å²) in [7, 11) is 0. The molecule has 0 amide bonds. The van der Waals surface area contributed by atoms with Gasteiger partial charge in [-0.05, 0) is 31.2 Å². The number of aryl methyl sites for hydroxylation is 1. The number of aromatic amines is 1. The third-order valence-corrected chi connectivity index (χ3v) is 4.07. The van der Waals surface area contributed by atoms with E-state index in [2.05, 4.69) is 10.1 Å². The van der Waals surface area contributed by atoms with Gasteiger partial charge in [0, 0.05) is 23.7 Å². The molecule has 106 valence electrons. The number of thioether (sulfide) groups is 1. The maximum Gasteiger partial charge on any atom is 0.271 e. The fourth-order valence-electron chi connectivity index (χ4n) is 1.99. The fraction of sp³-hybridized carbons (Fsp3) is 0.125. The van der Waals surface area contributed by atoms with Crippen LogP contribution in [0.2, 0.25) is 0 Å². The number of nitrogens with one attached hydrogen (secondary N) is 1. The van der Waals surface area contributed by atoms with Crippen LogP contribution in [0.3, 0.4) is 0 Å². The quantitative estimate of drug-likeness (QED) is 0.753. The Bertz CT molecular complexity index is 775. The highest BCUT2D eigenvalue weighted by atomic mass is 32.2. The molecule has 2 aromatic heterocycles. The van der Waals surface area contributed by atoms with Gasteiger partial charge in [-0.2, -0.15) is 0 Å². The van der Waals surface area contributed by atoms with Crippen LogP contribution in [0, 0.1) is 6.92 Å². The van der Waals surface area contributed by atoms with E-state index in [1.807, 2.05) is 49.4 Å². The molecule has 5 heteroatoms. The number of nitrogens with zero attached hydrogens (tertiary/aromatic N) is 2. The molecule has 0 saturated carbocycles. The minimum atomic E-state index is -0.0459. The maximum atomic E-state index is 12.0. The van der Waals surface area contributed by atoms with E-state index >= 15 is 0 Å². The summed E-state index contributed by atoms with van der Waals surface area (Å²) in [5.74, 6) is 0.686. The second-order valence-corrected chi connectivity index (χ2v) is 5.74. The van der Waals surface area contributed by atoms with Crippen molar-refractivity contribution in [1.82, 2.24) is 14.8 Å². The molecule has 21 heavy (non-hydrogen) atoms. The Kier molecular flexibility index (Phi) is 3.92. The Morgan fingerprint density at radius 3 is 2.71 bits per heavy atom. The summed E-state index contributed by atoms with van der Waals surface area (Å²) < 4.78 is 1.56. The standard InChI is InChI=1S/C16H15N3OS/c1-12-5-7-14(8-6-12)19-16(20)10-13(18-19)11-21-15-4-2-3-9-17-15/h2-10,18H,11H2,1H3. The molecule has 0 bridgehead atoms. The smallest absolute Gasteiger partial charge is 0.271 e. The second kappa shape index (κ2) is 6.01. The predicted octanol–water partition coefficient (Wildman–Crippen LogP) is 3.16. The third-order valence-electron chi connectivity index (χ3n) is 3.08. The number of rotatable bonds is 4. The molecule has 3 aromatic rings. The Balaban J connectivity index is 1.78. The van der Waals surface area contributed by atoms with Crippen molar-refractivity contribution in [2.75, 3.05) is 0 Å². The second-order valence-electron chi connectivity index (χ2n) is 4.75. The average molecular weight is 297 g/mol. The van der Waals surface area contributed by atoms with E-state index in [4.69, 9.17) is 0 Å². The normalized spacial score (nSPS) is 10.7. The van der Waals surface area contributed by atoms with E-state index in [-0.39, 0.29) is 5.56 Å². The Morgan fingerprint density at radius 1 is 1.19 bits per heavy atom. The zero-order chi connectivity index (χ0) is 14.7. The lowest BCUT2D eigenvalue weighted by molar-refractivity contribution is 0.832. The van der Waals surface area contributed by atoms with Gasteiger partial charge in [-0.1, -0.05) is 23.8 Å². The topological polar surface area (TPSA) is 50.7 Å². The minimum Gasteiger partial charge on any atom is -0.294 e. The van der Waals surface area contributed by atoms with Crippen molar-refractivity contribution in [1.29, 1.82) is 0 Å². The summed E-state index contributed by atoms with van der Waals surface area (Å²) >= 11 is 1.60. The summed E-state index contributed by atoms with van der Waals surface area (Å²) in [6.07, 6.45) is 1.77. The van der Waals surface area contributed by atoms with E-state index in [0.29, 0.717) is 5.75 Å². The highest BCUT2D eigenvalue weighted by molar-refractivity contribution is 7.98. The summed E-state index contributed by atoms with van der Waals surface area (Å²) in [5.41, 5.74) is 2.86. The first kappa shape index (κ1) is 13.7. The van der Waals surface area contributed by atoms with Crippen molar-refractivity contribution in [3.63, 3.8) is 0 Å². The molecule has 0 fully saturated rings. The van der Waals surface area contributed by atoms with Crippen LogP contribution in [-0.2, 0) is 5.75 Å². The van der Waals surface area contributed by atoms with E-state index in [0.717, 1.165) is 16.4 Å². The van der Waals surface area contributed by atoms with Gasteiger partial charge in [0.15, 0.2) is 0 Å². The summed E-state index contributed by atoms with van der Waals surface area (Å²) in [6.45, 7) is 2.02. The number of aromatic nitrogens is 3. The van der Waals surface area contributed by atoms with Crippen molar-refractivity contribution in [2.24, 2.45) is 0 Å². The predicted molar refractivity (Wildman–Crippen MR) is 84.9 cm³/mol. The molecule has 2 heterocycles. The van der Waals surface area contributed by atoms with Crippen molar-refractivity contribution in [2.45, 2.75) is 17.7 Å². The number of hydrogen-bond donors (Lipinski definition) is 1. The van der Waals surface area contributed by atoms with E-state index < -0.39 is 0 Å². The van der Waals surface area contributed by atoms with Crippen molar-refractivity contribution >= 4 is 11.8 Å². The van der Waals surface area contributed by atoms with Gasteiger partial charge >= 0.3 is 0 Å². The van der Waals surface area contributed by atoms with Gasteiger partial charge in [-0.25, -0.2) is 9.67 Å². The monoisotopic (exact) mass is 297 g/mol. The van der Waals surface area contributed by atoms with Gasteiger partial charge in [0.2, 0.25) is 0 Å². The lowest BCUT2D eigenvalue weighted by Gasteiger charge is -2.02. The molecule has 0 spiro atoms. The largest absolute Gasteiger partial charge is 0.294 e. The maximum absolute atomic E-state index is 12.0. The zero-order valence-electron chi connectivity index (χ0n) is 11.6. The van der Waals surface area contributed by atoms with Crippen molar-refractivity contribution < 1.29 is 0 Å². The lowest BCUT2D eigenvalue weighted by atomic mass is 10.2. The van der Waals surface area contributed by atoms with Gasteiger partial charge in [0.1, 0.15) is 0 Å². The van der Waals surface area contributed by atoms with Crippen LogP contribution in [0.15, 0.2) is 64.5 Å². The summed E-state index contributed by atoms with van der Waals surface area (Å²) in [5, 5.41) is 4.09. The van der Waals surface area contributed by atoms with E-state index in [1.165, 1.54) is 5.56 Å². The van der Waals surface area contributed by atoms with Crippen LogP contribution in [-0.4, -0.2) is 14.8 Å². The Hall–Kier alpha value is -2.27. The molecule has 4 nitrogen and oxygen atoms in total. The molecular formula is C16H15N3OS. The molecule has 0 aliphatic rings. The van der Waals surface area contributed by atoms with Crippen LogP contribution in [0.25, 0.3) is 5.69 Å². The molecule has 0 radical (unpaired) electrons. The average Bonchev–Trinajstić information content (AvgIpc) is 2.88. The van der Waals surface area contributed by atoms with Gasteiger partial charge < -0.3 is 0 Å². The SMILES string of the molecule is Cc1ccc(-n2[nH]c(CSc3ccccn3)cc2=O)cc1. The number of hydrogen-bond acceptors (Lipinski definition) is 3. The van der Waals surface area contributed by atoms with Crippen LogP contribution < -0.4 is 5.56 Å². The van der Waals surface area contributed by atoms with Gasteiger partial charge in [0.25, 0.3) is 5.56 Å². The lowest BCUT2D eigenvalue weighted by Crippen LogP contribution is -2.13. The van der Waals surface area contributed by atoms with Crippen LogP contribution in [0.1, 0.15) is 11.3 Å². The van der Waals surface area contributed by atoms with Crippen molar-refractivity contribution in [3.8, 4) is 5.69 Å². The molecule has 1 aromatic carbocycles. The Morgan fingerprint density at radius 2 is 2.00 bits per heavy atom. The fourth-order valence-corrected chi connectivity index (χ4v) is 2.75. The van der Waals surface area contributed by atoms with Crippen molar-refractivity contribution in [3.05, 3.63) is 76.3 Å². The molecule has 1 N–H and O–H groups in total. The van der Waals surface area contributed by atoms with Crippen LogP contribution in [0.4, 0.5) is 0 Å². The highest BCUT2D eigenvalue weighted by Gasteiger charge is 2.06. The molecule has 0 aliphatic heterocycles. The van der Waals surface area contributed by atoms with Crippen LogP contribution >= 0.6 is 11.8 Å². The highest BCUT2D eigenvalue weighted by Crippen LogP contribution is 2.18. The van der Waals surface area contributed by atoms with E-state index in [9.17, 15) is 4.79 Å². The molecular weight excluding hydrogens is 282 g/mol. The molecule has 0 aliphatic carbocycles. The zero-order valence-corrected chi connectivity index (χ0v) is 12.4. The van der Waals surface area contributed by atoms with Crippen LogP contribution in [0.5, 0.6) is 0 Å². The first-order valence-electron chi connectivity index (χ1n) is 6.64. The number of benzene rings is 1.